The molecule has 0 saturated heterocycles. The zero-order valence-corrected chi connectivity index (χ0v) is 9.49. The van der Waals surface area contributed by atoms with Gasteiger partial charge in [-0.3, -0.25) is 0 Å². The second-order valence-electron chi connectivity index (χ2n) is 3.32. The van der Waals surface area contributed by atoms with Crippen molar-refractivity contribution in [3.05, 3.63) is 41.5 Å². The van der Waals surface area contributed by atoms with E-state index in [9.17, 15) is 0 Å². The quantitative estimate of drug-likeness (QED) is 0.555. The van der Waals surface area contributed by atoms with Crippen molar-refractivity contribution in [2.75, 3.05) is 14.1 Å². The summed E-state index contributed by atoms with van der Waals surface area (Å²) in [5.41, 5.74) is 1.55. The highest BCUT2D eigenvalue weighted by atomic mass is 35.5. The molecule has 0 spiro atoms. The fourth-order valence-electron chi connectivity index (χ4n) is 1.01. The van der Waals surface area contributed by atoms with Crippen molar-refractivity contribution in [3.63, 3.8) is 0 Å². The Balaban J connectivity index is 2.93. The summed E-state index contributed by atoms with van der Waals surface area (Å²) >= 11 is 6.07. The first kappa shape index (κ1) is 11.5. The zero-order valence-electron chi connectivity index (χ0n) is 8.74. The van der Waals surface area contributed by atoms with Crippen molar-refractivity contribution in [1.29, 1.82) is 5.26 Å². The number of rotatable bonds is 2. The molecule has 0 amide bonds. The standard InChI is InChI=1S/C12H12ClN2/c1-15(2)8-7-12(13)11-5-3-10(9-14)4-6-11/h3-8H,1-2H3/q+1/b12-7-. The van der Waals surface area contributed by atoms with Crippen molar-refractivity contribution >= 4 is 22.8 Å². The van der Waals surface area contributed by atoms with Crippen molar-refractivity contribution < 1.29 is 4.58 Å². The summed E-state index contributed by atoms with van der Waals surface area (Å²) in [7, 11) is 3.86. The molecule has 0 aliphatic carbocycles. The van der Waals surface area contributed by atoms with E-state index in [0.717, 1.165) is 5.56 Å². The second kappa shape index (κ2) is 5.33. The number of nitrogens with zero attached hydrogens (tertiary/aromatic N) is 2. The van der Waals surface area contributed by atoms with Crippen LogP contribution in [0.5, 0.6) is 0 Å². The van der Waals surface area contributed by atoms with Crippen LogP contribution in [0.15, 0.2) is 30.3 Å². The Bertz CT molecular complexity index is 432. The summed E-state index contributed by atoms with van der Waals surface area (Å²) in [6.45, 7) is 0. The minimum Gasteiger partial charge on any atom is -0.241 e. The van der Waals surface area contributed by atoms with Gasteiger partial charge < -0.3 is 0 Å². The predicted octanol–water partition coefficient (Wildman–Crippen LogP) is 2.48. The molecule has 1 rings (SSSR count). The maximum atomic E-state index is 8.63. The van der Waals surface area contributed by atoms with Crippen LogP contribution in [0.4, 0.5) is 0 Å². The molecule has 0 saturated carbocycles. The predicted molar refractivity (Wildman–Crippen MR) is 63.2 cm³/mol. The summed E-state index contributed by atoms with van der Waals surface area (Å²) in [6, 6.07) is 9.24. The number of hydrogen-bond donors (Lipinski definition) is 0. The molecule has 1 aromatic rings. The third-order valence-corrected chi connectivity index (χ3v) is 2.15. The van der Waals surface area contributed by atoms with E-state index in [1.54, 1.807) is 12.1 Å². The van der Waals surface area contributed by atoms with Gasteiger partial charge in [-0.05, 0) is 17.7 Å². The van der Waals surface area contributed by atoms with Gasteiger partial charge in [0.15, 0.2) is 6.21 Å². The lowest BCUT2D eigenvalue weighted by Crippen LogP contribution is -1.95. The Labute approximate surface area is 94.7 Å². The van der Waals surface area contributed by atoms with E-state index in [0.29, 0.717) is 10.6 Å². The molecular formula is C12H12ClN2+. The van der Waals surface area contributed by atoms with E-state index in [1.165, 1.54) is 0 Å². The smallest absolute Gasteiger partial charge is 0.164 e. The Hall–Kier alpha value is -1.59. The van der Waals surface area contributed by atoms with Crippen LogP contribution in [0, 0.1) is 11.3 Å². The normalized spacial score (nSPS) is 10.7. The van der Waals surface area contributed by atoms with Gasteiger partial charge in [-0.2, -0.15) is 5.26 Å². The highest BCUT2D eigenvalue weighted by Gasteiger charge is 1.97. The fraction of sp³-hybridized carbons (Fsp3) is 0.167. The third-order valence-electron chi connectivity index (χ3n) is 1.81. The molecule has 0 unspecified atom stereocenters. The minimum atomic E-state index is 0.639. The van der Waals surface area contributed by atoms with Crippen LogP contribution < -0.4 is 0 Å². The summed E-state index contributed by atoms with van der Waals surface area (Å²) in [6.07, 6.45) is 3.70. The van der Waals surface area contributed by atoms with Crippen LogP contribution in [0.1, 0.15) is 11.1 Å². The Morgan fingerprint density at radius 2 is 1.93 bits per heavy atom. The highest BCUT2D eigenvalue weighted by Crippen LogP contribution is 2.18. The van der Waals surface area contributed by atoms with Gasteiger partial charge in [0.25, 0.3) is 0 Å². The Morgan fingerprint density at radius 3 is 2.40 bits per heavy atom. The molecule has 76 valence electrons. The molecule has 0 fully saturated rings. The molecule has 0 N–H and O–H groups in total. The zero-order chi connectivity index (χ0) is 11.3. The van der Waals surface area contributed by atoms with Crippen LogP contribution in [0.25, 0.3) is 5.03 Å². The molecule has 0 bridgehead atoms. The van der Waals surface area contributed by atoms with Crippen LogP contribution in [0.3, 0.4) is 0 Å². The molecule has 0 aliphatic heterocycles. The van der Waals surface area contributed by atoms with Gasteiger partial charge in [0.05, 0.1) is 16.7 Å². The fourth-order valence-corrected chi connectivity index (χ4v) is 1.20. The van der Waals surface area contributed by atoms with E-state index in [-0.39, 0.29) is 0 Å². The lowest BCUT2D eigenvalue weighted by atomic mass is 10.1. The molecule has 0 atom stereocenters. The molecule has 1 aromatic carbocycles. The number of allylic oxidation sites excluding steroid dienone is 1. The molecular weight excluding hydrogens is 208 g/mol. The summed E-state index contributed by atoms with van der Waals surface area (Å²) in [4.78, 5) is 0. The lowest BCUT2D eigenvalue weighted by molar-refractivity contribution is -0.458. The molecule has 0 radical (unpaired) electrons. The maximum absolute atomic E-state index is 8.63. The average Bonchev–Trinajstić information content (AvgIpc) is 2.26. The first-order valence-electron chi connectivity index (χ1n) is 4.51. The van der Waals surface area contributed by atoms with Gasteiger partial charge in [0, 0.05) is 6.08 Å². The Morgan fingerprint density at radius 1 is 1.33 bits per heavy atom. The van der Waals surface area contributed by atoms with Crippen molar-refractivity contribution in [3.8, 4) is 6.07 Å². The van der Waals surface area contributed by atoms with Crippen molar-refractivity contribution in [2.24, 2.45) is 0 Å². The van der Waals surface area contributed by atoms with Gasteiger partial charge in [0.1, 0.15) is 14.1 Å². The Kier molecular flexibility index (Phi) is 4.08. The average molecular weight is 220 g/mol. The van der Waals surface area contributed by atoms with Crippen molar-refractivity contribution in [1.82, 2.24) is 0 Å². The van der Waals surface area contributed by atoms with Gasteiger partial charge in [-0.1, -0.05) is 23.7 Å². The SMILES string of the molecule is C[N+](C)=C/C=C(\Cl)c1ccc(C#N)cc1. The van der Waals surface area contributed by atoms with Gasteiger partial charge in [0.2, 0.25) is 0 Å². The summed E-state index contributed by atoms with van der Waals surface area (Å²) in [5.74, 6) is 0. The molecule has 2 nitrogen and oxygen atoms in total. The van der Waals surface area contributed by atoms with Crippen LogP contribution in [0.2, 0.25) is 0 Å². The first-order chi connectivity index (χ1) is 7.13. The third kappa shape index (κ3) is 3.57. The largest absolute Gasteiger partial charge is 0.241 e. The maximum Gasteiger partial charge on any atom is 0.164 e. The van der Waals surface area contributed by atoms with E-state index in [2.05, 4.69) is 6.07 Å². The van der Waals surface area contributed by atoms with E-state index in [4.69, 9.17) is 16.9 Å². The van der Waals surface area contributed by atoms with Gasteiger partial charge in [-0.15, -0.1) is 0 Å². The van der Waals surface area contributed by atoms with Crippen LogP contribution >= 0.6 is 11.6 Å². The van der Waals surface area contributed by atoms with Gasteiger partial charge >= 0.3 is 0 Å². The summed E-state index contributed by atoms with van der Waals surface area (Å²) < 4.78 is 1.91. The van der Waals surface area contributed by atoms with E-state index in [1.807, 2.05) is 43.1 Å². The number of hydrogen-bond acceptors (Lipinski definition) is 1. The summed E-state index contributed by atoms with van der Waals surface area (Å²) in [5, 5.41) is 9.29. The molecule has 0 aliphatic rings. The highest BCUT2D eigenvalue weighted by molar-refractivity contribution is 6.49. The van der Waals surface area contributed by atoms with E-state index >= 15 is 0 Å². The van der Waals surface area contributed by atoms with Crippen LogP contribution in [-0.2, 0) is 0 Å². The number of benzene rings is 1. The molecule has 3 heteroatoms. The minimum absolute atomic E-state index is 0.639. The molecule has 0 heterocycles. The van der Waals surface area contributed by atoms with Crippen LogP contribution in [-0.4, -0.2) is 24.9 Å². The molecule has 15 heavy (non-hydrogen) atoms. The second-order valence-corrected chi connectivity index (χ2v) is 3.72. The lowest BCUT2D eigenvalue weighted by Gasteiger charge is -1.96. The number of halogens is 1. The van der Waals surface area contributed by atoms with Crippen molar-refractivity contribution in [2.45, 2.75) is 0 Å². The first-order valence-corrected chi connectivity index (χ1v) is 4.89. The monoisotopic (exact) mass is 219 g/mol. The van der Waals surface area contributed by atoms with Gasteiger partial charge in [-0.25, -0.2) is 4.58 Å². The van der Waals surface area contributed by atoms with E-state index < -0.39 is 0 Å². The molecule has 0 aromatic heterocycles. The topological polar surface area (TPSA) is 26.8 Å². The number of nitriles is 1.